The smallest absolute Gasteiger partial charge is 0.185 e. The zero-order valence-electron chi connectivity index (χ0n) is 10.7. The van der Waals surface area contributed by atoms with Crippen molar-refractivity contribution in [3.05, 3.63) is 53.7 Å². The first kappa shape index (κ1) is 11.7. The molecule has 0 unspecified atom stereocenters. The summed E-state index contributed by atoms with van der Waals surface area (Å²) in [7, 11) is 0. The van der Waals surface area contributed by atoms with Crippen LogP contribution in [0.15, 0.2) is 41.0 Å². The summed E-state index contributed by atoms with van der Waals surface area (Å²) in [6.45, 7) is 2.94. The van der Waals surface area contributed by atoms with E-state index in [2.05, 4.69) is 22.5 Å². The van der Waals surface area contributed by atoms with E-state index in [1.54, 1.807) is 0 Å². The van der Waals surface area contributed by atoms with Gasteiger partial charge >= 0.3 is 0 Å². The minimum absolute atomic E-state index is 0.384. The maximum absolute atomic E-state index is 10.9. The average Bonchev–Trinajstić information content (AvgIpc) is 3.02. The van der Waals surface area contributed by atoms with Crippen LogP contribution in [0.4, 0.5) is 0 Å². The third kappa shape index (κ3) is 1.95. The molecule has 3 aromatic rings. The molecule has 0 saturated carbocycles. The zero-order valence-corrected chi connectivity index (χ0v) is 10.7. The first-order valence-electron chi connectivity index (χ1n) is 6.29. The van der Waals surface area contributed by atoms with Crippen LogP contribution in [-0.4, -0.2) is 15.8 Å². The highest BCUT2D eigenvalue weighted by molar-refractivity contribution is 5.76. The van der Waals surface area contributed by atoms with Crippen LogP contribution in [0.5, 0.6) is 0 Å². The number of imidazole rings is 1. The fraction of sp³-hybridized carbons (Fsp3) is 0.200. The molecule has 4 nitrogen and oxygen atoms in total. The molecule has 0 aliphatic carbocycles. The van der Waals surface area contributed by atoms with Crippen molar-refractivity contribution in [2.45, 2.75) is 19.9 Å². The number of hydrogen-bond acceptors (Lipinski definition) is 3. The first-order valence-corrected chi connectivity index (χ1v) is 6.29. The number of aryl methyl sites for hydroxylation is 1. The Morgan fingerprint density at radius 1 is 1.32 bits per heavy atom. The van der Waals surface area contributed by atoms with E-state index in [0.29, 0.717) is 12.2 Å². The summed E-state index contributed by atoms with van der Waals surface area (Å²) in [5.41, 5.74) is 2.98. The molecule has 0 saturated heterocycles. The summed E-state index contributed by atoms with van der Waals surface area (Å²) in [6.07, 6.45) is 2.89. The van der Waals surface area contributed by atoms with Crippen molar-refractivity contribution >= 4 is 17.3 Å². The van der Waals surface area contributed by atoms with Crippen LogP contribution in [0.3, 0.4) is 0 Å². The number of aromatic nitrogens is 2. The average molecular weight is 254 g/mol. The lowest BCUT2D eigenvalue weighted by molar-refractivity contribution is 0.109. The molecule has 0 bridgehead atoms. The van der Waals surface area contributed by atoms with Gasteiger partial charge in [-0.05, 0) is 25.1 Å². The molecule has 96 valence electrons. The first-order chi connectivity index (χ1) is 9.33. The fourth-order valence-electron chi connectivity index (χ4n) is 2.38. The molecule has 0 N–H and O–H groups in total. The van der Waals surface area contributed by atoms with Crippen LogP contribution < -0.4 is 0 Å². The van der Waals surface area contributed by atoms with E-state index >= 15 is 0 Å². The molecular weight excluding hydrogens is 240 g/mol. The molecule has 0 aliphatic heterocycles. The molecule has 0 radical (unpaired) electrons. The Morgan fingerprint density at radius 3 is 2.95 bits per heavy atom. The maximum atomic E-state index is 10.9. The van der Waals surface area contributed by atoms with Gasteiger partial charge < -0.3 is 8.98 Å². The van der Waals surface area contributed by atoms with Crippen molar-refractivity contribution in [1.29, 1.82) is 0 Å². The van der Waals surface area contributed by atoms with Gasteiger partial charge in [0.1, 0.15) is 5.82 Å². The van der Waals surface area contributed by atoms with E-state index in [1.165, 1.54) is 6.26 Å². The van der Waals surface area contributed by atoms with Crippen LogP contribution in [0.25, 0.3) is 11.0 Å². The number of aldehydes is 1. The SMILES string of the molecule is CCn1c(Cc2ccoc2C=O)nc2ccccc21. The summed E-state index contributed by atoms with van der Waals surface area (Å²) in [5.74, 6) is 1.34. The van der Waals surface area contributed by atoms with Crippen LogP contribution in [-0.2, 0) is 13.0 Å². The summed E-state index contributed by atoms with van der Waals surface area (Å²) < 4.78 is 7.29. The highest BCUT2D eigenvalue weighted by Gasteiger charge is 2.13. The highest BCUT2D eigenvalue weighted by Crippen LogP contribution is 2.20. The Morgan fingerprint density at radius 2 is 2.16 bits per heavy atom. The molecule has 2 aromatic heterocycles. The van der Waals surface area contributed by atoms with Gasteiger partial charge in [0.15, 0.2) is 12.0 Å². The second kappa shape index (κ2) is 4.72. The zero-order chi connectivity index (χ0) is 13.2. The van der Waals surface area contributed by atoms with Gasteiger partial charge in [-0.2, -0.15) is 0 Å². The molecule has 0 spiro atoms. The standard InChI is InChI=1S/C15H14N2O2/c1-2-17-13-6-4-3-5-12(13)16-15(17)9-11-7-8-19-14(11)10-18/h3-8,10H,2,9H2,1H3. The quantitative estimate of drug-likeness (QED) is 0.672. The van der Waals surface area contributed by atoms with Gasteiger partial charge in [0.05, 0.1) is 17.3 Å². The fourth-order valence-corrected chi connectivity index (χ4v) is 2.38. The number of para-hydroxylation sites is 2. The Labute approximate surface area is 110 Å². The van der Waals surface area contributed by atoms with Crippen LogP contribution in [0, 0.1) is 0 Å². The number of hydrogen-bond donors (Lipinski definition) is 0. The Hall–Kier alpha value is -2.36. The lowest BCUT2D eigenvalue weighted by atomic mass is 10.2. The number of benzene rings is 1. The van der Waals surface area contributed by atoms with E-state index in [0.717, 1.165) is 35.3 Å². The number of carbonyl (C=O) groups excluding carboxylic acids is 1. The lowest BCUT2D eigenvalue weighted by Gasteiger charge is -2.05. The molecule has 0 aliphatic rings. The van der Waals surface area contributed by atoms with Crippen molar-refractivity contribution in [2.75, 3.05) is 0 Å². The maximum Gasteiger partial charge on any atom is 0.185 e. The molecule has 19 heavy (non-hydrogen) atoms. The van der Waals surface area contributed by atoms with Crippen molar-refractivity contribution in [2.24, 2.45) is 0 Å². The lowest BCUT2D eigenvalue weighted by Crippen LogP contribution is -2.03. The van der Waals surface area contributed by atoms with Gasteiger partial charge in [-0.15, -0.1) is 0 Å². The van der Waals surface area contributed by atoms with E-state index in [1.807, 2.05) is 24.3 Å². The molecule has 0 amide bonds. The third-order valence-corrected chi connectivity index (χ3v) is 3.29. The van der Waals surface area contributed by atoms with Gasteiger partial charge in [-0.3, -0.25) is 4.79 Å². The molecule has 0 atom stereocenters. The van der Waals surface area contributed by atoms with E-state index < -0.39 is 0 Å². The second-order valence-electron chi connectivity index (χ2n) is 4.37. The predicted octanol–water partition coefficient (Wildman–Crippen LogP) is 3.05. The van der Waals surface area contributed by atoms with E-state index in [9.17, 15) is 4.79 Å². The topological polar surface area (TPSA) is 48.0 Å². The van der Waals surface area contributed by atoms with Crippen molar-refractivity contribution < 1.29 is 9.21 Å². The summed E-state index contributed by atoms with van der Waals surface area (Å²) in [4.78, 5) is 15.5. The monoisotopic (exact) mass is 254 g/mol. The highest BCUT2D eigenvalue weighted by atomic mass is 16.3. The molecule has 2 heterocycles. The molecule has 1 aromatic carbocycles. The normalized spacial score (nSPS) is 11.0. The largest absolute Gasteiger partial charge is 0.461 e. The minimum Gasteiger partial charge on any atom is -0.461 e. The van der Waals surface area contributed by atoms with Gasteiger partial charge in [0.2, 0.25) is 0 Å². The van der Waals surface area contributed by atoms with Crippen LogP contribution >= 0.6 is 0 Å². The Bertz CT molecular complexity index is 725. The van der Waals surface area contributed by atoms with Gasteiger partial charge in [-0.25, -0.2) is 4.98 Å². The minimum atomic E-state index is 0.384. The second-order valence-corrected chi connectivity index (χ2v) is 4.37. The van der Waals surface area contributed by atoms with E-state index in [-0.39, 0.29) is 0 Å². The number of furan rings is 1. The number of fused-ring (bicyclic) bond motifs is 1. The van der Waals surface area contributed by atoms with Crippen molar-refractivity contribution in [1.82, 2.24) is 9.55 Å². The number of rotatable bonds is 4. The Kier molecular flexibility index (Phi) is 2.91. The molecule has 4 heteroatoms. The Balaban J connectivity index is 2.07. The van der Waals surface area contributed by atoms with Crippen LogP contribution in [0.2, 0.25) is 0 Å². The van der Waals surface area contributed by atoms with Gasteiger partial charge in [-0.1, -0.05) is 12.1 Å². The third-order valence-electron chi connectivity index (χ3n) is 3.29. The molecule has 3 rings (SSSR count). The van der Waals surface area contributed by atoms with Gasteiger partial charge in [0, 0.05) is 18.5 Å². The summed E-state index contributed by atoms with van der Waals surface area (Å²) in [6, 6.07) is 9.87. The number of nitrogens with zero attached hydrogens (tertiary/aromatic N) is 2. The van der Waals surface area contributed by atoms with Crippen molar-refractivity contribution in [3.8, 4) is 0 Å². The van der Waals surface area contributed by atoms with Crippen molar-refractivity contribution in [3.63, 3.8) is 0 Å². The molecular formula is C15H14N2O2. The summed E-state index contributed by atoms with van der Waals surface area (Å²) >= 11 is 0. The predicted molar refractivity (Wildman–Crippen MR) is 72.3 cm³/mol. The van der Waals surface area contributed by atoms with Crippen LogP contribution in [0.1, 0.15) is 28.9 Å². The molecule has 0 fully saturated rings. The number of carbonyl (C=O) groups is 1. The van der Waals surface area contributed by atoms with Gasteiger partial charge in [0.25, 0.3) is 0 Å². The summed E-state index contributed by atoms with van der Waals surface area (Å²) in [5, 5.41) is 0. The van der Waals surface area contributed by atoms with E-state index in [4.69, 9.17) is 4.42 Å².